The van der Waals surface area contributed by atoms with E-state index in [1.54, 1.807) is 6.92 Å². The number of rotatable bonds is 3. The third-order valence-corrected chi connectivity index (χ3v) is 3.76. The molecule has 2 aliphatic heterocycles. The first-order valence-electron chi connectivity index (χ1n) is 7.61. The van der Waals surface area contributed by atoms with Crippen LogP contribution in [0.5, 0.6) is 0 Å². The Kier molecular flexibility index (Phi) is 4.46. The maximum Gasteiger partial charge on any atom is 0.283 e. The minimum Gasteiger partial charge on any atom is -0.368 e. The SMILES string of the molecule is CC1=NN2C(=O)C(C(=O)NNC(=O)Cc3ccc(F)cc3)=CNC2C1. The van der Waals surface area contributed by atoms with Gasteiger partial charge in [-0.25, -0.2) is 9.40 Å². The highest BCUT2D eigenvalue weighted by atomic mass is 19.1. The van der Waals surface area contributed by atoms with Crippen LogP contribution in [-0.4, -0.2) is 34.6 Å². The molecule has 0 saturated carbocycles. The van der Waals surface area contributed by atoms with Crippen LogP contribution >= 0.6 is 0 Å². The van der Waals surface area contributed by atoms with Gasteiger partial charge in [0.05, 0.1) is 6.42 Å². The van der Waals surface area contributed by atoms with Crippen molar-refractivity contribution in [1.29, 1.82) is 0 Å². The summed E-state index contributed by atoms with van der Waals surface area (Å²) in [5.74, 6) is -2.18. The van der Waals surface area contributed by atoms with Gasteiger partial charge in [0, 0.05) is 18.3 Å². The van der Waals surface area contributed by atoms with Crippen LogP contribution in [0.25, 0.3) is 0 Å². The van der Waals surface area contributed by atoms with E-state index < -0.39 is 23.5 Å². The van der Waals surface area contributed by atoms with E-state index in [0.29, 0.717) is 12.0 Å². The Morgan fingerprint density at radius 1 is 1.32 bits per heavy atom. The fourth-order valence-corrected chi connectivity index (χ4v) is 2.53. The van der Waals surface area contributed by atoms with Crippen molar-refractivity contribution >= 4 is 23.4 Å². The van der Waals surface area contributed by atoms with Crippen LogP contribution in [0.4, 0.5) is 4.39 Å². The zero-order valence-corrected chi connectivity index (χ0v) is 13.4. The molecule has 25 heavy (non-hydrogen) atoms. The third-order valence-electron chi connectivity index (χ3n) is 3.76. The van der Waals surface area contributed by atoms with Crippen molar-refractivity contribution in [2.75, 3.05) is 0 Å². The Morgan fingerprint density at radius 2 is 2.04 bits per heavy atom. The smallest absolute Gasteiger partial charge is 0.283 e. The topological polar surface area (TPSA) is 103 Å². The summed E-state index contributed by atoms with van der Waals surface area (Å²) >= 11 is 0. The number of carbonyl (C=O) groups is 3. The van der Waals surface area contributed by atoms with Crippen molar-refractivity contribution < 1.29 is 18.8 Å². The van der Waals surface area contributed by atoms with Gasteiger partial charge in [-0.15, -0.1) is 0 Å². The summed E-state index contributed by atoms with van der Waals surface area (Å²) in [7, 11) is 0. The van der Waals surface area contributed by atoms with Gasteiger partial charge in [0.15, 0.2) is 0 Å². The van der Waals surface area contributed by atoms with E-state index in [9.17, 15) is 18.8 Å². The molecule has 1 aromatic rings. The fourth-order valence-electron chi connectivity index (χ4n) is 2.53. The molecule has 8 nitrogen and oxygen atoms in total. The minimum absolute atomic E-state index is 0.0382. The van der Waals surface area contributed by atoms with E-state index in [4.69, 9.17) is 0 Å². The second kappa shape index (κ2) is 6.71. The highest BCUT2D eigenvalue weighted by molar-refractivity contribution is 6.19. The molecule has 0 fully saturated rings. The number of fused-ring (bicyclic) bond motifs is 1. The van der Waals surface area contributed by atoms with E-state index in [2.05, 4.69) is 21.3 Å². The van der Waals surface area contributed by atoms with Crippen LogP contribution < -0.4 is 16.2 Å². The molecule has 3 rings (SSSR count). The summed E-state index contributed by atoms with van der Waals surface area (Å²) in [6.45, 7) is 1.79. The van der Waals surface area contributed by atoms with Gasteiger partial charge in [-0.2, -0.15) is 5.10 Å². The summed E-state index contributed by atoms with van der Waals surface area (Å²) in [6, 6.07) is 5.43. The average Bonchev–Trinajstić information content (AvgIpc) is 2.96. The maximum absolute atomic E-state index is 12.8. The number of nitrogens with zero attached hydrogens (tertiary/aromatic N) is 2. The molecule has 9 heteroatoms. The van der Waals surface area contributed by atoms with Crippen LogP contribution in [-0.2, 0) is 20.8 Å². The summed E-state index contributed by atoms with van der Waals surface area (Å²) in [5, 5.41) is 8.22. The molecule has 1 aromatic carbocycles. The van der Waals surface area contributed by atoms with Crippen molar-refractivity contribution in [2.45, 2.75) is 25.9 Å². The Balaban J connectivity index is 1.54. The molecule has 1 atom stereocenters. The number of hydrogen-bond donors (Lipinski definition) is 3. The Labute approximate surface area is 142 Å². The lowest BCUT2D eigenvalue weighted by atomic mass is 10.1. The molecule has 130 valence electrons. The van der Waals surface area contributed by atoms with Gasteiger partial charge < -0.3 is 5.32 Å². The van der Waals surface area contributed by atoms with Gasteiger partial charge in [0.25, 0.3) is 11.8 Å². The normalized spacial score (nSPS) is 18.7. The first-order chi connectivity index (χ1) is 11.9. The second-order valence-corrected chi connectivity index (χ2v) is 5.74. The number of halogens is 1. The Morgan fingerprint density at radius 3 is 2.76 bits per heavy atom. The number of nitrogens with one attached hydrogen (secondary N) is 3. The minimum atomic E-state index is -0.747. The molecule has 0 aromatic heterocycles. The average molecular weight is 345 g/mol. The fraction of sp³-hybridized carbons (Fsp3) is 0.250. The lowest BCUT2D eigenvalue weighted by Gasteiger charge is -2.27. The third kappa shape index (κ3) is 3.65. The molecule has 0 radical (unpaired) electrons. The van der Waals surface area contributed by atoms with Crippen LogP contribution in [0.15, 0.2) is 41.1 Å². The van der Waals surface area contributed by atoms with Gasteiger partial charge in [0.2, 0.25) is 5.91 Å². The monoisotopic (exact) mass is 345 g/mol. The maximum atomic E-state index is 12.8. The van der Waals surface area contributed by atoms with E-state index in [1.807, 2.05) is 0 Å². The molecule has 2 aliphatic rings. The zero-order chi connectivity index (χ0) is 18.0. The number of hydrazine groups is 1. The summed E-state index contributed by atoms with van der Waals surface area (Å²) < 4.78 is 12.8. The molecule has 1 unspecified atom stereocenters. The van der Waals surface area contributed by atoms with Gasteiger partial charge in [0.1, 0.15) is 17.6 Å². The summed E-state index contributed by atoms with van der Waals surface area (Å²) in [6.07, 6.45) is 1.59. The van der Waals surface area contributed by atoms with Crippen LogP contribution in [0.3, 0.4) is 0 Å². The van der Waals surface area contributed by atoms with Crippen molar-refractivity contribution in [3.63, 3.8) is 0 Å². The molecule has 0 bridgehead atoms. The molecule has 0 saturated heterocycles. The van der Waals surface area contributed by atoms with Crippen molar-refractivity contribution in [3.8, 4) is 0 Å². The molecular weight excluding hydrogens is 329 g/mol. The van der Waals surface area contributed by atoms with Gasteiger partial charge in [-0.05, 0) is 24.6 Å². The number of hydrogen-bond acceptors (Lipinski definition) is 5. The van der Waals surface area contributed by atoms with Gasteiger partial charge in [-0.3, -0.25) is 25.2 Å². The van der Waals surface area contributed by atoms with Gasteiger partial charge >= 0.3 is 0 Å². The molecular formula is C16H16FN5O3. The van der Waals surface area contributed by atoms with Crippen molar-refractivity contribution in [2.24, 2.45) is 5.10 Å². The molecule has 3 amide bonds. The summed E-state index contributed by atoms with van der Waals surface area (Å²) in [4.78, 5) is 36.2. The number of carbonyl (C=O) groups excluding carboxylic acids is 3. The Bertz CT molecular complexity index is 787. The van der Waals surface area contributed by atoms with Crippen LogP contribution in [0, 0.1) is 5.82 Å². The Hall–Kier alpha value is -3.23. The lowest BCUT2D eigenvalue weighted by Crippen LogP contribution is -2.51. The largest absolute Gasteiger partial charge is 0.368 e. The zero-order valence-electron chi connectivity index (χ0n) is 13.4. The highest BCUT2D eigenvalue weighted by Crippen LogP contribution is 2.19. The summed E-state index contributed by atoms with van der Waals surface area (Å²) in [5.41, 5.74) is 5.63. The number of amides is 3. The predicted molar refractivity (Wildman–Crippen MR) is 86.0 cm³/mol. The standard InChI is InChI=1S/C16H16FN5O3/c1-9-6-13-18-8-12(16(25)22(13)21-9)15(24)20-19-14(23)7-10-2-4-11(17)5-3-10/h2-5,8,13,18H,6-7H2,1H3,(H,19,23)(H,20,24). The van der Waals surface area contributed by atoms with Crippen molar-refractivity contribution in [3.05, 3.63) is 47.4 Å². The van der Waals surface area contributed by atoms with E-state index in [1.165, 1.54) is 35.5 Å². The van der Waals surface area contributed by atoms with E-state index >= 15 is 0 Å². The van der Waals surface area contributed by atoms with Crippen LogP contribution in [0.2, 0.25) is 0 Å². The van der Waals surface area contributed by atoms with Crippen LogP contribution in [0.1, 0.15) is 18.9 Å². The quantitative estimate of drug-likeness (QED) is 0.527. The number of benzene rings is 1. The second-order valence-electron chi connectivity index (χ2n) is 5.74. The van der Waals surface area contributed by atoms with E-state index in [0.717, 1.165) is 5.71 Å². The first kappa shape index (κ1) is 16.6. The number of hydrazone groups is 1. The molecule has 0 aliphatic carbocycles. The highest BCUT2D eigenvalue weighted by Gasteiger charge is 2.36. The molecule has 0 spiro atoms. The van der Waals surface area contributed by atoms with Gasteiger partial charge in [-0.1, -0.05) is 12.1 Å². The predicted octanol–water partition coefficient (Wildman–Crippen LogP) is -0.0630. The lowest BCUT2D eigenvalue weighted by molar-refractivity contribution is -0.134. The first-order valence-corrected chi connectivity index (χ1v) is 7.61. The molecule has 2 heterocycles. The molecule has 3 N–H and O–H groups in total. The van der Waals surface area contributed by atoms with E-state index in [-0.39, 0.29) is 18.2 Å². The van der Waals surface area contributed by atoms with Crippen molar-refractivity contribution in [1.82, 2.24) is 21.2 Å².